The average Bonchev–Trinajstić information content (AvgIpc) is 1.72. The number of hydrogen-bond donors (Lipinski definition) is 0. The maximum atomic E-state index is 9.28. The molecule has 12 nitrogen and oxygen atoms in total. The summed E-state index contributed by atoms with van der Waals surface area (Å²) in [6.07, 6.45) is 0. The fourth-order valence-corrected chi connectivity index (χ4v) is 1.34. The Hall–Kier alpha value is 0.379. The van der Waals surface area contributed by atoms with Crippen LogP contribution in [0.25, 0.3) is 0 Å². The molecule has 0 N–H and O–H groups in total. The van der Waals surface area contributed by atoms with Crippen molar-refractivity contribution in [3.8, 4) is 0 Å². The predicted molar refractivity (Wildman–Crippen MR) is 36.8 cm³/mol. The van der Waals surface area contributed by atoms with Crippen LogP contribution >= 0.6 is 16.5 Å². The van der Waals surface area contributed by atoms with Crippen molar-refractivity contribution in [1.29, 1.82) is 0 Å². The summed E-state index contributed by atoms with van der Waals surface area (Å²) in [7, 11) is -17.3. The molecule has 0 aliphatic rings. The van der Waals surface area contributed by atoms with Crippen LogP contribution < -0.4 is 9.79 Å². The first-order valence-corrected chi connectivity index (χ1v) is 7.29. The van der Waals surface area contributed by atoms with E-state index in [0.29, 0.717) is 0 Å². The minimum Gasteiger partial charge on any atom is -0.722 e. The molecule has 0 rings (SSSR count). The van der Waals surface area contributed by atoms with E-state index in [2.05, 4.69) is 7.94 Å². The molecule has 105 valence electrons. The molecule has 0 aromatic rings. The Morgan fingerprint density at radius 1 is 0.765 bits per heavy atom. The van der Waals surface area contributed by atoms with Crippen molar-refractivity contribution in [3.05, 3.63) is 0 Å². The van der Waals surface area contributed by atoms with Crippen LogP contribution in [0.1, 0.15) is 0 Å². The van der Waals surface area contributed by atoms with Gasteiger partial charge in [-0.25, -0.2) is 16.8 Å². The zero-order valence-electron chi connectivity index (χ0n) is 6.91. The van der Waals surface area contributed by atoms with E-state index in [1.54, 1.807) is 0 Å². The van der Waals surface area contributed by atoms with Gasteiger partial charge in [0.15, 0.2) is 0 Å². The van der Waals surface area contributed by atoms with E-state index in [9.17, 15) is 44.9 Å². The Labute approximate surface area is 107 Å². The van der Waals surface area contributed by atoms with Crippen LogP contribution in [0.2, 0.25) is 0 Å². The zero-order valence-corrected chi connectivity index (χ0v) is 11.3. The summed E-state index contributed by atoms with van der Waals surface area (Å²) < 4.78 is 79.8. The molecule has 0 saturated heterocycles. The SMILES string of the molecule is O=[P+]([O-])OS(=O)(=O)[O-].O=[P+]([O-])OS(=O)(=O)[O-].[Cu+2]. The van der Waals surface area contributed by atoms with Crippen LogP contribution in [0.5, 0.6) is 0 Å². The second-order valence-corrected chi connectivity index (χ2v) is 5.13. The number of rotatable bonds is 4. The molecule has 0 aliphatic heterocycles. The fourth-order valence-electron chi connectivity index (χ4n) is 0.149. The molecule has 17 heavy (non-hydrogen) atoms. The Morgan fingerprint density at radius 3 is 0.941 bits per heavy atom. The summed E-state index contributed by atoms with van der Waals surface area (Å²) >= 11 is 0. The molecular weight excluding hydrogens is 382 g/mol. The second kappa shape index (κ2) is 9.33. The Kier molecular flexibility index (Phi) is 12.4. The summed E-state index contributed by atoms with van der Waals surface area (Å²) in [5.41, 5.74) is 0. The zero-order chi connectivity index (χ0) is 13.6. The first-order chi connectivity index (χ1) is 6.83. The van der Waals surface area contributed by atoms with Gasteiger partial charge >= 0.3 is 33.6 Å². The van der Waals surface area contributed by atoms with E-state index in [4.69, 9.17) is 0 Å². The summed E-state index contributed by atoms with van der Waals surface area (Å²) in [6, 6.07) is 0. The van der Waals surface area contributed by atoms with Gasteiger partial charge in [-0.15, -0.1) is 0 Å². The van der Waals surface area contributed by atoms with E-state index in [-0.39, 0.29) is 17.1 Å². The fraction of sp³-hybridized carbons (Fsp3) is 0. The molecule has 0 aromatic heterocycles. The molecule has 0 bridgehead atoms. The third-order valence-electron chi connectivity index (χ3n) is 0.304. The summed E-state index contributed by atoms with van der Waals surface area (Å²) in [5, 5.41) is 0. The monoisotopic (exact) mass is 381 g/mol. The van der Waals surface area contributed by atoms with Crippen LogP contribution in [0.15, 0.2) is 0 Å². The topological polar surface area (TPSA) is 213 Å². The van der Waals surface area contributed by atoms with Crippen molar-refractivity contribution in [3.63, 3.8) is 0 Å². The molecule has 0 spiro atoms. The molecule has 0 heterocycles. The van der Waals surface area contributed by atoms with E-state index in [1.807, 2.05) is 0 Å². The molecular formula is CuO12P2S2. The molecule has 17 heteroatoms. The summed E-state index contributed by atoms with van der Waals surface area (Å²) in [5.74, 6) is 0. The third-order valence-corrected chi connectivity index (χ3v) is 2.74. The average molecular weight is 382 g/mol. The third kappa shape index (κ3) is 31.4. The largest absolute Gasteiger partial charge is 2.00 e. The Bertz CT molecular complexity index is 399. The van der Waals surface area contributed by atoms with E-state index in [0.717, 1.165) is 0 Å². The van der Waals surface area contributed by atoms with E-state index in [1.165, 1.54) is 0 Å². The van der Waals surface area contributed by atoms with Crippen LogP contribution in [-0.4, -0.2) is 25.9 Å². The minimum absolute atomic E-state index is 0. The van der Waals surface area contributed by atoms with Gasteiger partial charge in [0.25, 0.3) is 20.8 Å². The maximum absolute atomic E-state index is 9.28. The molecule has 0 aromatic carbocycles. The Morgan fingerprint density at radius 2 is 0.941 bits per heavy atom. The van der Waals surface area contributed by atoms with Gasteiger partial charge in [0.05, 0.1) is 0 Å². The van der Waals surface area contributed by atoms with Crippen LogP contribution in [0.3, 0.4) is 0 Å². The van der Waals surface area contributed by atoms with Gasteiger partial charge in [0.1, 0.15) is 0 Å². The summed E-state index contributed by atoms with van der Waals surface area (Å²) in [6.45, 7) is 0. The molecule has 0 fully saturated rings. The first kappa shape index (κ1) is 22.6. The quantitative estimate of drug-likeness (QED) is 0.205. The normalized spacial score (nSPS) is 12.7. The Balaban J connectivity index is -0.000000218. The predicted octanol–water partition coefficient (Wildman–Crippen LogP) is -3.04. The van der Waals surface area contributed by atoms with Crippen LogP contribution in [-0.2, 0) is 54.9 Å². The molecule has 0 amide bonds. The van der Waals surface area contributed by atoms with Crippen molar-refractivity contribution in [2.24, 2.45) is 0 Å². The van der Waals surface area contributed by atoms with Crippen molar-refractivity contribution < 1.29 is 69.9 Å². The molecule has 0 saturated carbocycles. The first-order valence-electron chi connectivity index (χ1n) is 2.43. The minimum atomic E-state index is -5.07. The van der Waals surface area contributed by atoms with Crippen LogP contribution in [0.4, 0.5) is 0 Å². The van der Waals surface area contributed by atoms with Gasteiger partial charge in [0, 0.05) is 0 Å². The van der Waals surface area contributed by atoms with E-state index < -0.39 is 37.3 Å². The molecule has 1 radical (unpaired) electrons. The van der Waals surface area contributed by atoms with Gasteiger partial charge in [-0.05, 0) is 17.1 Å². The summed E-state index contributed by atoms with van der Waals surface area (Å²) in [4.78, 5) is 18.5. The standard InChI is InChI=1S/Cu.2HO6PS/c;2*1-7(2)6-8(3,4)5/h;2*(H,3,4,5)/q+2;;/p-2. The maximum Gasteiger partial charge on any atom is 2.00 e. The molecule has 0 aliphatic carbocycles. The number of hydrogen-bond acceptors (Lipinski definition) is 12. The van der Waals surface area contributed by atoms with E-state index >= 15 is 0 Å². The van der Waals surface area contributed by atoms with Gasteiger partial charge in [-0.2, -0.15) is 0 Å². The van der Waals surface area contributed by atoms with Crippen molar-refractivity contribution >= 4 is 37.3 Å². The smallest absolute Gasteiger partial charge is 0.722 e. The van der Waals surface area contributed by atoms with Gasteiger partial charge in [0.2, 0.25) is 0 Å². The van der Waals surface area contributed by atoms with Gasteiger partial charge in [-0.3, -0.25) is 0 Å². The van der Waals surface area contributed by atoms with Gasteiger partial charge < -0.3 is 18.9 Å². The molecule has 2 unspecified atom stereocenters. The second-order valence-electron chi connectivity index (χ2n) is 1.41. The van der Waals surface area contributed by atoms with Crippen molar-refractivity contribution in [2.45, 2.75) is 0 Å². The van der Waals surface area contributed by atoms with Crippen molar-refractivity contribution in [2.75, 3.05) is 0 Å². The van der Waals surface area contributed by atoms with Crippen LogP contribution in [0, 0.1) is 0 Å². The van der Waals surface area contributed by atoms with Crippen molar-refractivity contribution in [1.82, 2.24) is 0 Å². The van der Waals surface area contributed by atoms with Gasteiger partial charge in [-0.1, -0.05) is 0 Å². The molecule has 2 atom stereocenters.